The fourth-order valence-corrected chi connectivity index (χ4v) is 2.06. The summed E-state index contributed by atoms with van der Waals surface area (Å²) in [5, 5.41) is 10.7. The highest BCUT2D eigenvalue weighted by Gasteiger charge is 2.16. The number of ether oxygens (including phenoxy) is 1. The Hall–Kier alpha value is -1.62. The van der Waals surface area contributed by atoms with Crippen LogP contribution in [0.3, 0.4) is 0 Å². The van der Waals surface area contributed by atoms with Crippen LogP contribution in [0.5, 0.6) is 0 Å². The Morgan fingerprint density at radius 1 is 1.44 bits per heavy atom. The van der Waals surface area contributed by atoms with E-state index < -0.39 is 4.92 Å². The Morgan fingerprint density at radius 3 is 2.83 bits per heavy atom. The summed E-state index contributed by atoms with van der Waals surface area (Å²) in [5.74, 6) is 0.825. The zero-order valence-electron chi connectivity index (χ0n) is 10.3. The van der Waals surface area contributed by atoms with Crippen molar-refractivity contribution in [3.05, 3.63) is 33.9 Å². The average Bonchev–Trinajstić information content (AvgIpc) is 2.28. The summed E-state index contributed by atoms with van der Waals surface area (Å²) in [6.45, 7) is 1.14. The Kier molecular flexibility index (Phi) is 4.15. The van der Waals surface area contributed by atoms with Gasteiger partial charge in [0.05, 0.1) is 11.5 Å². The van der Waals surface area contributed by atoms with Gasteiger partial charge in [-0.1, -0.05) is 25.3 Å². The normalized spacial score (nSPS) is 15.3. The van der Waals surface area contributed by atoms with Gasteiger partial charge in [0.25, 0.3) is 5.69 Å². The Labute approximate surface area is 106 Å². The summed E-state index contributed by atoms with van der Waals surface area (Å²) in [5.41, 5.74) is 6.47. The number of hydrogen-bond donors (Lipinski definition) is 1. The SMILES string of the molecule is Nc1ccc(COCCC2CCC2)cc1[N+](=O)[O-]. The van der Waals surface area contributed by atoms with E-state index in [-0.39, 0.29) is 11.4 Å². The molecule has 0 aliphatic heterocycles. The van der Waals surface area contributed by atoms with E-state index in [0.717, 1.165) is 24.5 Å². The zero-order chi connectivity index (χ0) is 13.0. The molecule has 0 spiro atoms. The van der Waals surface area contributed by atoms with Crippen molar-refractivity contribution in [1.29, 1.82) is 0 Å². The number of nitrogens with two attached hydrogens (primary N) is 1. The quantitative estimate of drug-likeness (QED) is 0.364. The molecule has 1 fully saturated rings. The molecule has 1 saturated carbocycles. The smallest absolute Gasteiger partial charge is 0.292 e. The lowest BCUT2D eigenvalue weighted by molar-refractivity contribution is -0.384. The van der Waals surface area contributed by atoms with Crippen LogP contribution >= 0.6 is 0 Å². The number of anilines is 1. The molecule has 0 atom stereocenters. The van der Waals surface area contributed by atoms with E-state index in [9.17, 15) is 10.1 Å². The largest absolute Gasteiger partial charge is 0.393 e. The predicted octanol–water partition coefficient (Wildman–Crippen LogP) is 2.88. The number of hydrogen-bond acceptors (Lipinski definition) is 4. The molecule has 0 bridgehead atoms. The highest BCUT2D eigenvalue weighted by atomic mass is 16.6. The second kappa shape index (κ2) is 5.82. The molecule has 0 unspecified atom stereocenters. The van der Waals surface area contributed by atoms with E-state index in [2.05, 4.69) is 0 Å². The Morgan fingerprint density at radius 2 is 2.22 bits per heavy atom. The van der Waals surface area contributed by atoms with Crippen LogP contribution in [0, 0.1) is 16.0 Å². The lowest BCUT2D eigenvalue weighted by Gasteiger charge is -2.24. The van der Waals surface area contributed by atoms with Gasteiger partial charge in [0.2, 0.25) is 0 Å². The zero-order valence-corrected chi connectivity index (χ0v) is 10.3. The minimum absolute atomic E-state index is 0.0462. The van der Waals surface area contributed by atoms with Crippen molar-refractivity contribution in [1.82, 2.24) is 0 Å². The van der Waals surface area contributed by atoms with Crippen LogP contribution in [-0.4, -0.2) is 11.5 Å². The number of nitro groups is 1. The van der Waals surface area contributed by atoms with Crippen LogP contribution in [0.15, 0.2) is 18.2 Å². The van der Waals surface area contributed by atoms with Crippen molar-refractivity contribution >= 4 is 11.4 Å². The summed E-state index contributed by atoms with van der Waals surface area (Å²) >= 11 is 0. The molecule has 0 saturated heterocycles. The van der Waals surface area contributed by atoms with E-state index in [1.165, 1.54) is 25.3 Å². The third kappa shape index (κ3) is 3.20. The minimum Gasteiger partial charge on any atom is -0.393 e. The highest BCUT2D eigenvalue weighted by molar-refractivity contribution is 5.59. The van der Waals surface area contributed by atoms with Crippen LogP contribution in [0.4, 0.5) is 11.4 Å². The molecule has 1 aliphatic rings. The summed E-state index contributed by atoms with van der Waals surface area (Å²) in [7, 11) is 0. The molecule has 0 radical (unpaired) electrons. The van der Waals surface area contributed by atoms with Gasteiger partial charge in [-0.15, -0.1) is 0 Å². The van der Waals surface area contributed by atoms with Crippen molar-refractivity contribution in [3.63, 3.8) is 0 Å². The van der Waals surface area contributed by atoms with Gasteiger partial charge in [0.15, 0.2) is 0 Å². The van der Waals surface area contributed by atoms with Crippen LogP contribution in [0.25, 0.3) is 0 Å². The molecule has 18 heavy (non-hydrogen) atoms. The molecular formula is C13H18N2O3. The van der Waals surface area contributed by atoms with E-state index in [4.69, 9.17) is 10.5 Å². The van der Waals surface area contributed by atoms with E-state index >= 15 is 0 Å². The molecule has 98 valence electrons. The summed E-state index contributed by atoms with van der Waals surface area (Å²) < 4.78 is 5.54. The first-order valence-electron chi connectivity index (χ1n) is 6.27. The number of nitrogens with zero attached hydrogens (tertiary/aromatic N) is 1. The van der Waals surface area contributed by atoms with Crippen molar-refractivity contribution in [2.24, 2.45) is 5.92 Å². The van der Waals surface area contributed by atoms with E-state index in [1.807, 2.05) is 0 Å². The first kappa shape index (κ1) is 12.8. The van der Waals surface area contributed by atoms with Crippen LogP contribution in [0.1, 0.15) is 31.2 Å². The molecule has 0 amide bonds. The van der Waals surface area contributed by atoms with Crippen LogP contribution in [0.2, 0.25) is 0 Å². The van der Waals surface area contributed by atoms with E-state index in [0.29, 0.717) is 6.61 Å². The molecule has 0 heterocycles. The second-order valence-corrected chi connectivity index (χ2v) is 4.79. The topological polar surface area (TPSA) is 78.4 Å². The van der Waals surface area contributed by atoms with Crippen LogP contribution in [-0.2, 0) is 11.3 Å². The third-order valence-corrected chi connectivity index (χ3v) is 3.46. The van der Waals surface area contributed by atoms with Crippen molar-refractivity contribution in [3.8, 4) is 0 Å². The maximum absolute atomic E-state index is 10.7. The molecule has 5 heteroatoms. The van der Waals surface area contributed by atoms with Crippen molar-refractivity contribution in [2.45, 2.75) is 32.3 Å². The molecule has 1 aliphatic carbocycles. The standard InChI is InChI=1S/C13H18N2O3/c14-12-5-4-11(8-13(12)15(16)17)9-18-7-6-10-2-1-3-10/h4-5,8,10H,1-3,6-7,9,14H2. The highest BCUT2D eigenvalue weighted by Crippen LogP contribution is 2.29. The molecule has 1 aromatic carbocycles. The Balaban J connectivity index is 1.81. The van der Waals surface area contributed by atoms with E-state index in [1.54, 1.807) is 12.1 Å². The van der Waals surface area contributed by atoms with Gasteiger partial charge in [-0.3, -0.25) is 10.1 Å². The second-order valence-electron chi connectivity index (χ2n) is 4.79. The molecular weight excluding hydrogens is 232 g/mol. The first-order chi connectivity index (χ1) is 8.66. The van der Waals surface area contributed by atoms with Gasteiger partial charge in [-0.05, 0) is 24.0 Å². The summed E-state index contributed by atoms with van der Waals surface area (Å²) in [4.78, 5) is 10.3. The molecule has 2 rings (SSSR count). The minimum atomic E-state index is -0.465. The van der Waals surface area contributed by atoms with Crippen molar-refractivity contribution < 1.29 is 9.66 Å². The lowest BCUT2D eigenvalue weighted by atomic mass is 9.83. The number of nitrogen functional groups attached to an aromatic ring is 1. The number of nitro benzene ring substituents is 1. The van der Waals surface area contributed by atoms with Gasteiger partial charge in [0, 0.05) is 12.7 Å². The van der Waals surface area contributed by atoms with Gasteiger partial charge in [0.1, 0.15) is 5.69 Å². The number of benzene rings is 1. The summed E-state index contributed by atoms with van der Waals surface area (Å²) in [6.07, 6.45) is 5.07. The monoisotopic (exact) mass is 250 g/mol. The van der Waals surface area contributed by atoms with Gasteiger partial charge in [-0.25, -0.2) is 0 Å². The van der Waals surface area contributed by atoms with Gasteiger partial charge < -0.3 is 10.5 Å². The summed E-state index contributed by atoms with van der Waals surface area (Å²) in [6, 6.07) is 4.81. The number of rotatable bonds is 6. The van der Waals surface area contributed by atoms with Crippen molar-refractivity contribution in [2.75, 3.05) is 12.3 Å². The lowest BCUT2D eigenvalue weighted by Crippen LogP contribution is -2.13. The fraction of sp³-hybridized carbons (Fsp3) is 0.538. The third-order valence-electron chi connectivity index (χ3n) is 3.46. The van der Waals surface area contributed by atoms with Gasteiger partial charge in [-0.2, -0.15) is 0 Å². The molecule has 2 N–H and O–H groups in total. The first-order valence-corrected chi connectivity index (χ1v) is 6.27. The average molecular weight is 250 g/mol. The predicted molar refractivity (Wildman–Crippen MR) is 69.1 cm³/mol. The maximum atomic E-state index is 10.7. The Bertz CT molecular complexity index is 430. The molecule has 5 nitrogen and oxygen atoms in total. The van der Waals surface area contributed by atoms with Gasteiger partial charge >= 0.3 is 0 Å². The fourth-order valence-electron chi connectivity index (χ4n) is 2.06. The molecule has 1 aromatic rings. The maximum Gasteiger partial charge on any atom is 0.292 e. The van der Waals surface area contributed by atoms with Crippen LogP contribution < -0.4 is 5.73 Å². The molecule has 0 aromatic heterocycles.